The lowest BCUT2D eigenvalue weighted by Gasteiger charge is -2.28. The third kappa shape index (κ3) is 5.33. The molecule has 1 unspecified atom stereocenters. The third-order valence-electron chi connectivity index (χ3n) is 3.15. The summed E-state index contributed by atoms with van der Waals surface area (Å²) in [5.41, 5.74) is 1.40. The van der Waals surface area contributed by atoms with Crippen molar-refractivity contribution < 1.29 is 0 Å². The van der Waals surface area contributed by atoms with Gasteiger partial charge in [-0.2, -0.15) is 0 Å². The minimum Gasteiger partial charge on any atom is -0.315 e. The molecule has 1 atom stereocenters. The summed E-state index contributed by atoms with van der Waals surface area (Å²) in [6, 6.07) is 11.3. The third-order valence-corrected chi connectivity index (χ3v) is 3.15. The van der Waals surface area contributed by atoms with Crippen molar-refractivity contribution in [3.05, 3.63) is 35.9 Å². The zero-order chi connectivity index (χ0) is 12.5. The van der Waals surface area contributed by atoms with Gasteiger partial charge in [-0.25, -0.2) is 0 Å². The van der Waals surface area contributed by atoms with Gasteiger partial charge in [-0.05, 0) is 25.6 Å². The quantitative estimate of drug-likeness (QED) is 0.744. The lowest BCUT2D eigenvalue weighted by atomic mass is 10.1. The molecule has 1 rings (SSSR count). The number of hydrogen-bond donors (Lipinski definition) is 1. The van der Waals surface area contributed by atoms with Crippen molar-refractivity contribution in [2.75, 3.05) is 20.1 Å². The first-order valence-electron chi connectivity index (χ1n) is 6.72. The van der Waals surface area contributed by atoms with E-state index >= 15 is 0 Å². The molecule has 0 aliphatic rings. The number of benzene rings is 1. The maximum atomic E-state index is 3.46. The summed E-state index contributed by atoms with van der Waals surface area (Å²) >= 11 is 0. The summed E-state index contributed by atoms with van der Waals surface area (Å²) in [5, 5.41) is 3.46. The molecule has 17 heavy (non-hydrogen) atoms. The fourth-order valence-electron chi connectivity index (χ4n) is 2.12. The van der Waals surface area contributed by atoms with Crippen molar-refractivity contribution in [1.82, 2.24) is 10.2 Å². The highest BCUT2D eigenvalue weighted by Crippen LogP contribution is 2.09. The maximum Gasteiger partial charge on any atom is 0.0234 e. The van der Waals surface area contributed by atoms with E-state index in [-0.39, 0.29) is 0 Å². The molecule has 0 aliphatic heterocycles. The van der Waals surface area contributed by atoms with Crippen LogP contribution in [0.2, 0.25) is 0 Å². The Morgan fingerprint density at radius 1 is 1.18 bits per heavy atom. The summed E-state index contributed by atoms with van der Waals surface area (Å²) in [6.45, 7) is 7.61. The molecule has 0 saturated carbocycles. The molecule has 2 nitrogen and oxygen atoms in total. The highest BCUT2D eigenvalue weighted by atomic mass is 15.1. The van der Waals surface area contributed by atoms with E-state index in [0.717, 1.165) is 19.6 Å². The van der Waals surface area contributed by atoms with Crippen LogP contribution in [0, 0.1) is 0 Å². The summed E-state index contributed by atoms with van der Waals surface area (Å²) in [7, 11) is 2.23. The van der Waals surface area contributed by atoms with Gasteiger partial charge in [0.2, 0.25) is 0 Å². The van der Waals surface area contributed by atoms with Crippen LogP contribution in [0.25, 0.3) is 0 Å². The van der Waals surface area contributed by atoms with Crippen LogP contribution in [-0.4, -0.2) is 31.1 Å². The molecule has 0 heterocycles. The molecular weight excluding hydrogens is 208 g/mol. The van der Waals surface area contributed by atoms with Gasteiger partial charge in [0.15, 0.2) is 0 Å². The van der Waals surface area contributed by atoms with E-state index in [9.17, 15) is 0 Å². The minimum atomic E-state index is 0.639. The van der Waals surface area contributed by atoms with Crippen molar-refractivity contribution >= 4 is 0 Å². The molecule has 1 N–H and O–H groups in total. The Bertz CT molecular complexity index is 284. The Labute approximate surface area is 106 Å². The van der Waals surface area contributed by atoms with E-state index in [1.807, 2.05) is 0 Å². The van der Waals surface area contributed by atoms with E-state index < -0.39 is 0 Å². The molecular formula is C15H26N2. The summed E-state index contributed by atoms with van der Waals surface area (Å²) in [4.78, 5) is 2.46. The van der Waals surface area contributed by atoms with E-state index in [1.54, 1.807) is 0 Å². The summed E-state index contributed by atoms with van der Waals surface area (Å²) in [6.07, 6.45) is 2.51. The van der Waals surface area contributed by atoms with Gasteiger partial charge in [0, 0.05) is 19.1 Å². The number of likely N-dealkylation sites (N-methyl/N-ethyl adjacent to an activating group) is 2. The van der Waals surface area contributed by atoms with E-state index in [1.165, 1.54) is 18.4 Å². The number of nitrogens with zero attached hydrogens (tertiary/aromatic N) is 1. The summed E-state index contributed by atoms with van der Waals surface area (Å²) < 4.78 is 0. The van der Waals surface area contributed by atoms with Crippen molar-refractivity contribution in [3.8, 4) is 0 Å². The van der Waals surface area contributed by atoms with Crippen molar-refractivity contribution in [1.29, 1.82) is 0 Å². The van der Waals surface area contributed by atoms with Crippen LogP contribution in [0.5, 0.6) is 0 Å². The first-order chi connectivity index (χ1) is 8.27. The highest BCUT2D eigenvalue weighted by molar-refractivity contribution is 5.14. The fourth-order valence-corrected chi connectivity index (χ4v) is 2.12. The van der Waals surface area contributed by atoms with Crippen molar-refractivity contribution in [2.24, 2.45) is 0 Å². The van der Waals surface area contributed by atoms with Crippen LogP contribution in [0.3, 0.4) is 0 Å². The Kier molecular flexibility index (Phi) is 6.90. The Morgan fingerprint density at radius 3 is 2.47 bits per heavy atom. The lowest BCUT2D eigenvalue weighted by Crippen LogP contribution is -2.39. The smallest absolute Gasteiger partial charge is 0.0234 e. The van der Waals surface area contributed by atoms with E-state index in [2.05, 4.69) is 61.4 Å². The first-order valence-corrected chi connectivity index (χ1v) is 6.72. The maximum absolute atomic E-state index is 3.46. The van der Waals surface area contributed by atoms with Gasteiger partial charge in [0.1, 0.15) is 0 Å². The van der Waals surface area contributed by atoms with Crippen molar-refractivity contribution in [3.63, 3.8) is 0 Å². The predicted octanol–water partition coefficient (Wildman–Crippen LogP) is 2.90. The van der Waals surface area contributed by atoms with Crippen LogP contribution in [0.4, 0.5) is 0 Å². The molecule has 1 aromatic carbocycles. The second-order valence-corrected chi connectivity index (χ2v) is 4.65. The van der Waals surface area contributed by atoms with Crippen LogP contribution in [0.1, 0.15) is 32.3 Å². The highest BCUT2D eigenvalue weighted by Gasteiger charge is 2.13. The molecule has 0 aromatic heterocycles. The Balaban J connectivity index is 2.49. The molecule has 2 heteroatoms. The van der Waals surface area contributed by atoms with Crippen LogP contribution in [0.15, 0.2) is 30.3 Å². The molecule has 0 radical (unpaired) electrons. The summed E-state index contributed by atoms with van der Waals surface area (Å²) in [5.74, 6) is 0. The van der Waals surface area contributed by atoms with Gasteiger partial charge in [-0.1, -0.05) is 50.6 Å². The van der Waals surface area contributed by atoms with Gasteiger partial charge in [0.05, 0.1) is 0 Å². The molecule has 0 spiro atoms. The number of hydrogen-bond acceptors (Lipinski definition) is 2. The fraction of sp³-hybridized carbons (Fsp3) is 0.600. The number of nitrogens with one attached hydrogen (secondary N) is 1. The van der Waals surface area contributed by atoms with Crippen molar-refractivity contribution in [2.45, 2.75) is 39.3 Å². The van der Waals surface area contributed by atoms with Gasteiger partial charge >= 0.3 is 0 Å². The largest absolute Gasteiger partial charge is 0.315 e. The van der Waals surface area contributed by atoms with Crippen LogP contribution >= 0.6 is 0 Å². The normalized spacial score (nSPS) is 12.9. The Hall–Kier alpha value is -0.860. The Morgan fingerprint density at radius 2 is 1.88 bits per heavy atom. The van der Waals surface area contributed by atoms with Crippen LogP contribution < -0.4 is 5.32 Å². The zero-order valence-corrected chi connectivity index (χ0v) is 11.4. The second-order valence-electron chi connectivity index (χ2n) is 4.65. The van der Waals surface area contributed by atoms with E-state index in [4.69, 9.17) is 0 Å². The lowest BCUT2D eigenvalue weighted by molar-refractivity contribution is 0.215. The SMILES string of the molecule is CCCC(CNCC)N(C)Cc1ccccc1. The second kappa shape index (κ2) is 8.26. The zero-order valence-electron chi connectivity index (χ0n) is 11.4. The standard InChI is InChI=1S/C15H26N2/c1-4-9-15(12-16-5-2)17(3)13-14-10-7-6-8-11-14/h6-8,10-11,15-16H,4-5,9,12-13H2,1-3H3. The average Bonchev–Trinajstić information content (AvgIpc) is 2.35. The molecule has 1 aromatic rings. The monoisotopic (exact) mass is 234 g/mol. The molecule has 0 saturated heterocycles. The molecule has 0 fully saturated rings. The first kappa shape index (κ1) is 14.2. The topological polar surface area (TPSA) is 15.3 Å². The predicted molar refractivity (Wildman–Crippen MR) is 75.1 cm³/mol. The van der Waals surface area contributed by atoms with Gasteiger partial charge in [-0.3, -0.25) is 4.90 Å². The number of rotatable bonds is 8. The average molecular weight is 234 g/mol. The van der Waals surface area contributed by atoms with E-state index in [0.29, 0.717) is 6.04 Å². The molecule has 0 aliphatic carbocycles. The molecule has 0 amide bonds. The molecule has 96 valence electrons. The van der Waals surface area contributed by atoms with Crippen LogP contribution in [-0.2, 0) is 6.54 Å². The van der Waals surface area contributed by atoms with Gasteiger partial charge < -0.3 is 5.32 Å². The van der Waals surface area contributed by atoms with Gasteiger partial charge in [-0.15, -0.1) is 0 Å². The molecule has 0 bridgehead atoms. The minimum absolute atomic E-state index is 0.639. The van der Waals surface area contributed by atoms with Gasteiger partial charge in [0.25, 0.3) is 0 Å².